The van der Waals surface area contributed by atoms with Crippen molar-refractivity contribution in [1.82, 2.24) is 9.62 Å². The van der Waals surface area contributed by atoms with Crippen molar-refractivity contribution in [3.63, 3.8) is 0 Å². The monoisotopic (exact) mass is 312 g/mol. The number of rotatable bonds is 6. The van der Waals surface area contributed by atoms with Gasteiger partial charge in [0.2, 0.25) is 10.0 Å². The van der Waals surface area contributed by atoms with Crippen LogP contribution >= 0.6 is 0 Å². The summed E-state index contributed by atoms with van der Waals surface area (Å²) in [5, 5.41) is 0. The van der Waals surface area contributed by atoms with Crippen LogP contribution in [-0.2, 0) is 10.0 Å². The Hall–Kier alpha value is -1.15. The van der Waals surface area contributed by atoms with Crippen LogP contribution in [0.3, 0.4) is 0 Å². The molecule has 0 bridgehead atoms. The van der Waals surface area contributed by atoms with Gasteiger partial charge in [0.15, 0.2) is 0 Å². The van der Waals surface area contributed by atoms with Gasteiger partial charge in [-0.2, -0.15) is 0 Å². The maximum atomic E-state index is 12.5. The smallest absolute Gasteiger partial charge is 0.242 e. The number of likely N-dealkylation sites (tertiary alicyclic amines) is 1. The highest BCUT2D eigenvalue weighted by Gasteiger charge is 2.25. The zero-order valence-electron chi connectivity index (χ0n) is 12.4. The first-order valence-corrected chi connectivity index (χ1v) is 8.85. The zero-order valence-corrected chi connectivity index (χ0v) is 13.2. The van der Waals surface area contributed by atoms with Crippen LogP contribution in [0.15, 0.2) is 29.2 Å². The topological polar surface area (TPSA) is 87.5 Å². The first-order valence-electron chi connectivity index (χ1n) is 7.37. The van der Waals surface area contributed by atoms with Gasteiger partial charge in [-0.1, -0.05) is 19.1 Å². The second kappa shape index (κ2) is 7.22. The third-order valence-electron chi connectivity index (χ3n) is 3.78. The molecule has 2 rings (SSSR count). The fourth-order valence-electron chi connectivity index (χ4n) is 2.69. The Kier molecular flexibility index (Phi) is 5.58. The highest BCUT2D eigenvalue weighted by Crippen LogP contribution is 2.21. The van der Waals surface area contributed by atoms with E-state index >= 15 is 0 Å². The van der Waals surface area contributed by atoms with E-state index < -0.39 is 10.0 Å². The molecule has 6 nitrogen and oxygen atoms in total. The van der Waals surface area contributed by atoms with Gasteiger partial charge in [0.25, 0.3) is 0 Å². The molecule has 0 unspecified atom stereocenters. The molecule has 1 aliphatic rings. The molecule has 7 heteroatoms. The number of sulfonamides is 1. The van der Waals surface area contributed by atoms with Gasteiger partial charge in [0.1, 0.15) is 4.90 Å². The van der Waals surface area contributed by atoms with Gasteiger partial charge in [0, 0.05) is 6.04 Å². The lowest BCUT2D eigenvalue weighted by molar-refractivity contribution is 0.208. The van der Waals surface area contributed by atoms with E-state index in [1.807, 2.05) is 0 Å². The fourth-order valence-corrected chi connectivity index (χ4v) is 4.17. The Morgan fingerprint density at radius 1 is 1.29 bits per heavy atom. The predicted molar refractivity (Wildman–Crippen MR) is 84.3 cm³/mol. The number of piperidine rings is 1. The molecule has 0 aromatic heterocycles. The van der Waals surface area contributed by atoms with Gasteiger partial charge >= 0.3 is 0 Å². The summed E-state index contributed by atoms with van der Waals surface area (Å²) in [4.78, 5) is 2.57. The first-order chi connectivity index (χ1) is 10.1. The molecule has 0 saturated carbocycles. The summed E-state index contributed by atoms with van der Waals surface area (Å²) in [5.41, 5.74) is 2.85. The number of hydrogen-bond donors (Lipinski definition) is 3. The summed E-state index contributed by atoms with van der Waals surface area (Å²) < 4.78 is 27.7. The van der Waals surface area contributed by atoms with E-state index in [9.17, 15) is 8.42 Å². The number of para-hydroxylation sites is 1. The van der Waals surface area contributed by atoms with E-state index in [1.165, 1.54) is 0 Å². The van der Waals surface area contributed by atoms with Crippen molar-refractivity contribution < 1.29 is 8.42 Å². The number of nitrogens with two attached hydrogens (primary N) is 1. The molecule has 0 radical (unpaired) electrons. The maximum absolute atomic E-state index is 12.5. The van der Waals surface area contributed by atoms with E-state index in [-0.39, 0.29) is 10.9 Å². The molecule has 4 N–H and O–H groups in total. The average molecular weight is 312 g/mol. The molecule has 1 aromatic carbocycles. The minimum atomic E-state index is -3.54. The van der Waals surface area contributed by atoms with Gasteiger partial charge in [-0.25, -0.2) is 13.1 Å². The van der Waals surface area contributed by atoms with Crippen molar-refractivity contribution in [1.29, 1.82) is 0 Å². The molecule has 21 heavy (non-hydrogen) atoms. The highest BCUT2D eigenvalue weighted by atomic mass is 32.2. The van der Waals surface area contributed by atoms with E-state index in [0.717, 1.165) is 38.9 Å². The molecular formula is C14H24N4O2S. The third-order valence-corrected chi connectivity index (χ3v) is 5.36. The lowest BCUT2D eigenvalue weighted by Gasteiger charge is -2.32. The Bertz CT molecular complexity index is 554. The summed E-state index contributed by atoms with van der Waals surface area (Å²) in [6.07, 6.45) is 2.82. The van der Waals surface area contributed by atoms with Crippen LogP contribution in [0.4, 0.5) is 5.69 Å². The molecule has 1 saturated heterocycles. The van der Waals surface area contributed by atoms with Gasteiger partial charge in [-0.15, -0.1) is 0 Å². The lowest BCUT2D eigenvalue weighted by Crippen LogP contribution is -2.44. The second-order valence-corrected chi connectivity index (χ2v) is 7.06. The summed E-state index contributed by atoms with van der Waals surface area (Å²) in [5.74, 6) is 5.38. The standard InChI is InChI=1S/C14H24N4O2S/c1-2-9-18-10-7-12(8-11-18)17-21(19,20)14-6-4-3-5-13(14)16-15/h3-6,12,16-17H,2,7-11,15H2,1H3. The number of nitrogens with zero attached hydrogens (tertiary/aromatic N) is 1. The Labute approximate surface area is 126 Å². The molecule has 0 spiro atoms. The molecule has 118 valence electrons. The van der Waals surface area contributed by atoms with Crippen molar-refractivity contribution in [2.45, 2.75) is 37.1 Å². The average Bonchev–Trinajstić information content (AvgIpc) is 2.49. The number of hydrogen-bond acceptors (Lipinski definition) is 5. The second-order valence-electron chi connectivity index (χ2n) is 5.38. The van der Waals surface area contributed by atoms with Gasteiger partial charge < -0.3 is 10.3 Å². The maximum Gasteiger partial charge on any atom is 0.242 e. The van der Waals surface area contributed by atoms with Gasteiger partial charge in [0.05, 0.1) is 5.69 Å². The molecule has 1 aliphatic heterocycles. The molecule has 1 heterocycles. The summed E-state index contributed by atoms with van der Waals surface area (Å²) in [6.45, 7) is 5.13. The number of benzene rings is 1. The highest BCUT2D eigenvalue weighted by molar-refractivity contribution is 7.89. The molecule has 0 aliphatic carbocycles. The van der Waals surface area contributed by atoms with Crippen LogP contribution in [0.2, 0.25) is 0 Å². The first kappa shape index (κ1) is 16.2. The number of nitrogens with one attached hydrogen (secondary N) is 2. The van der Waals surface area contributed by atoms with Crippen LogP contribution in [0.1, 0.15) is 26.2 Å². The van der Waals surface area contributed by atoms with Crippen LogP contribution in [0.25, 0.3) is 0 Å². The van der Waals surface area contributed by atoms with Crippen LogP contribution in [0.5, 0.6) is 0 Å². The SMILES string of the molecule is CCCN1CCC(NS(=O)(=O)c2ccccc2NN)CC1. The third kappa shape index (κ3) is 4.16. The lowest BCUT2D eigenvalue weighted by atomic mass is 10.1. The van der Waals surface area contributed by atoms with Crippen LogP contribution in [0, 0.1) is 0 Å². The Morgan fingerprint density at radius 2 is 1.95 bits per heavy atom. The molecular weight excluding hydrogens is 288 g/mol. The number of nitrogen functional groups attached to an aromatic ring is 1. The van der Waals surface area contributed by atoms with Crippen molar-refractivity contribution in [2.24, 2.45) is 5.84 Å². The molecule has 1 fully saturated rings. The van der Waals surface area contributed by atoms with E-state index in [0.29, 0.717) is 5.69 Å². The number of anilines is 1. The van der Waals surface area contributed by atoms with E-state index in [2.05, 4.69) is 22.0 Å². The van der Waals surface area contributed by atoms with Crippen molar-refractivity contribution >= 4 is 15.7 Å². The van der Waals surface area contributed by atoms with Crippen LogP contribution in [-0.4, -0.2) is 39.0 Å². The minimum Gasteiger partial charge on any atom is -0.323 e. The summed E-state index contributed by atoms with van der Waals surface area (Å²) in [7, 11) is -3.54. The van der Waals surface area contributed by atoms with Gasteiger partial charge in [-0.3, -0.25) is 5.84 Å². The largest absolute Gasteiger partial charge is 0.323 e. The Balaban J connectivity index is 2.02. The minimum absolute atomic E-state index is 0.00561. The fraction of sp³-hybridized carbons (Fsp3) is 0.571. The summed E-state index contributed by atoms with van der Waals surface area (Å²) in [6, 6.07) is 6.65. The van der Waals surface area contributed by atoms with E-state index in [1.54, 1.807) is 24.3 Å². The van der Waals surface area contributed by atoms with Gasteiger partial charge in [-0.05, 0) is 51.0 Å². The molecule has 0 amide bonds. The van der Waals surface area contributed by atoms with Crippen LogP contribution < -0.4 is 16.0 Å². The van der Waals surface area contributed by atoms with Crippen molar-refractivity contribution in [3.8, 4) is 0 Å². The predicted octanol–water partition coefficient (Wildman–Crippen LogP) is 1.12. The van der Waals surface area contributed by atoms with Crippen molar-refractivity contribution in [2.75, 3.05) is 25.1 Å². The number of hydrazine groups is 1. The molecule has 0 atom stereocenters. The molecule has 1 aromatic rings. The normalized spacial score (nSPS) is 17.8. The zero-order chi connectivity index (χ0) is 15.3. The summed E-state index contributed by atoms with van der Waals surface area (Å²) >= 11 is 0. The van der Waals surface area contributed by atoms with Crippen molar-refractivity contribution in [3.05, 3.63) is 24.3 Å². The Morgan fingerprint density at radius 3 is 2.57 bits per heavy atom. The van der Waals surface area contributed by atoms with E-state index in [4.69, 9.17) is 5.84 Å². The quantitative estimate of drug-likeness (QED) is 0.541.